The first kappa shape index (κ1) is 10.4. The van der Waals surface area contributed by atoms with Crippen molar-refractivity contribution < 1.29 is 5.11 Å². The molecule has 2 nitrogen and oxygen atoms in total. The predicted octanol–water partition coefficient (Wildman–Crippen LogP) is 1.95. The third-order valence-electron chi connectivity index (χ3n) is 2.48. The maximum Gasteiger partial charge on any atom is 0.178 e. The lowest BCUT2D eigenvalue weighted by Gasteiger charge is -2.22. The number of hydrogen-bond acceptors (Lipinski definition) is 2. The van der Waals surface area contributed by atoms with Gasteiger partial charge < -0.3 is 5.11 Å². The Balaban J connectivity index is 2.55. The van der Waals surface area contributed by atoms with Crippen LogP contribution in [0.2, 0.25) is 0 Å². The Bertz CT molecular complexity index is 460. The summed E-state index contributed by atoms with van der Waals surface area (Å²) in [6.45, 7) is 0. The van der Waals surface area contributed by atoms with Crippen LogP contribution >= 0.6 is 0 Å². The summed E-state index contributed by atoms with van der Waals surface area (Å²) in [4.78, 5) is 3.97. The third-order valence-corrected chi connectivity index (χ3v) is 2.48. The lowest BCUT2D eigenvalue weighted by Crippen LogP contribution is -2.25. The van der Waals surface area contributed by atoms with E-state index in [2.05, 4.69) is 10.9 Å². The van der Waals surface area contributed by atoms with E-state index in [0.717, 1.165) is 0 Å². The maximum absolute atomic E-state index is 10.5. The SMILES string of the molecule is C#C[C@@](O)(c1ccccc1)c1cccnc1. The topological polar surface area (TPSA) is 33.1 Å². The summed E-state index contributed by atoms with van der Waals surface area (Å²) >= 11 is 0. The number of terminal acetylenes is 1. The van der Waals surface area contributed by atoms with Crippen molar-refractivity contribution in [3.8, 4) is 12.3 Å². The Kier molecular flexibility index (Phi) is 2.72. The van der Waals surface area contributed by atoms with E-state index in [9.17, 15) is 5.11 Å². The molecule has 1 aromatic heterocycles. The maximum atomic E-state index is 10.5. The molecule has 0 unspecified atom stereocenters. The van der Waals surface area contributed by atoms with Gasteiger partial charge in [0.05, 0.1) is 0 Å². The largest absolute Gasteiger partial charge is 0.369 e. The fourth-order valence-corrected chi connectivity index (χ4v) is 1.59. The minimum atomic E-state index is -1.41. The molecule has 0 aliphatic carbocycles. The molecule has 16 heavy (non-hydrogen) atoms. The average molecular weight is 209 g/mol. The van der Waals surface area contributed by atoms with Crippen LogP contribution in [0, 0.1) is 12.3 Å². The van der Waals surface area contributed by atoms with Gasteiger partial charge in [0.2, 0.25) is 0 Å². The van der Waals surface area contributed by atoms with E-state index in [1.165, 1.54) is 0 Å². The van der Waals surface area contributed by atoms with Gasteiger partial charge in [0.25, 0.3) is 0 Å². The minimum Gasteiger partial charge on any atom is -0.369 e. The molecule has 2 rings (SSSR count). The molecular weight excluding hydrogens is 198 g/mol. The molecule has 0 amide bonds. The number of aliphatic hydroxyl groups is 1. The molecular formula is C14H11NO. The van der Waals surface area contributed by atoms with Crippen LogP contribution in [0.4, 0.5) is 0 Å². The Morgan fingerprint density at radius 2 is 1.75 bits per heavy atom. The molecule has 0 aliphatic rings. The van der Waals surface area contributed by atoms with Crippen LogP contribution in [-0.2, 0) is 5.60 Å². The van der Waals surface area contributed by atoms with Gasteiger partial charge in [-0.25, -0.2) is 0 Å². The van der Waals surface area contributed by atoms with E-state index >= 15 is 0 Å². The van der Waals surface area contributed by atoms with Gasteiger partial charge in [-0.2, -0.15) is 0 Å². The highest BCUT2D eigenvalue weighted by atomic mass is 16.3. The molecule has 78 valence electrons. The van der Waals surface area contributed by atoms with Crippen LogP contribution in [0.3, 0.4) is 0 Å². The van der Waals surface area contributed by atoms with E-state index in [-0.39, 0.29) is 0 Å². The fraction of sp³-hybridized carbons (Fsp3) is 0.0714. The summed E-state index contributed by atoms with van der Waals surface area (Å²) in [5.74, 6) is 2.43. The molecule has 0 aliphatic heterocycles. The van der Waals surface area contributed by atoms with Crippen molar-refractivity contribution in [1.29, 1.82) is 0 Å². The third kappa shape index (κ3) is 1.69. The van der Waals surface area contributed by atoms with Gasteiger partial charge in [0.1, 0.15) is 0 Å². The highest BCUT2D eigenvalue weighted by Crippen LogP contribution is 2.27. The Hall–Kier alpha value is -2.11. The summed E-state index contributed by atoms with van der Waals surface area (Å²) in [6, 6.07) is 12.7. The Labute approximate surface area is 94.6 Å². The van der Waals surface area contributed by atoms with Crippen LogP contribution in [0.25, 0.3) is 0 Å². The van der Waals surface area contributed by atoms with E-state index in [1.54, 1.807) is 36.7 Å². The zero-order valence-electron chi connectivity index (χ0n) is 8.67. The molecule has 0 saturated heterocycles. The number of aromatic nitrogens is 1. The first-order chi connectivity index (χ1) is 7.77. The van der Waals surface area contributed by atoms with Crippen LogP contribution in [0.1, 0.15) is 11.1 Å². The molecule has 1 atom stereocenters. The monoisotopic (exact) mass is 209 g/mol. The van der Waals surface area contributed by atoms with Crippen LogP contribution in [-0.4, -0.2) is 10.1 Å². The van der Waals surface area contributed by atoms with Crippen molar-refractivity contribution in [3.63, 3.8) is 0 Å². The van der Waals surface area contributed by atoms with E-state index in [0.29, 0.717) is 11.1 Å². The number of hydrogen-bond donors (Lipinski definition) is 1. The van der Waals surface area contributed by atoms with Crippen molar-refractivity contribution in [2.24, 2.45) is 0 Å². The fourth-order valence-electron chi connectivity index (χ4n) is 1.59. The second kappa shape index (κ2) is 4.18. The van der Waals surface area contributed by atoms with E-state index in [4.69, 9.17) is 6.42 Å². The zero-order valence-corrected chi connectivity index (χ0v) is 8.67. The molecule has 0 radical (unpaired) electrons. The summed E-state index contributed by atoms with van der Waals surface area (Å²) in [5.41, 5.74) is -0.135. The van der Waals surface area contributed by atoms with E-state index in [1.807, 2.05) is 18.2 Å². The second-order valence-electron chi connectivity index (χ2n) is 3.46. The quantitative estimate of drug-likeness (QED) is 0.767. The summed E-state index contributed by atoms with van der Waals surface area (Å²) in [7, 11) is 0. The minimum absolute atomic E-state index is 0.601. The predicted molar refractivity (Wildman–Crippen MR) is 62.5 cm³/mol. The van der Waals surface area contributed by atoms with Crippen molar-refractivity contribution in [1.82, 2.24) is 4.98 Å². The molecule has 0 bridgehead atoms. The van der Waals surface area contributed by atoms with Crippen LogP contribution in [0.5, 0.6) is 0 Å². The smallest absolute Gasteiger partial charge is 0.178 e. The standard InChI is InChI=1S/C14H11NO/c1-2-14(16,12-7-4-3-5-8-12)13-9-6-10-15-11-13/h1,3-11,16H/t14-/m1/s1. The van der Waals surface area contributed by atoms with Crippen LogP contribution < -0.4 is 0 Å². The van der Waals surface area contributed by atoms with Crippen molar-refractivity contribution in [3.05, 3.63) is 66.0 Å². The zero-order chi connectivity index (χ0) is 11.4. The molecule has 2 heteroatoms. The summed E-state index contributed by atoms with van der Waals surface area (Å²) in [6.07, 6.45) is 8.66. The van der Waals surface area contributed by atoms with Crippen molar-refractivity contribution in [2.75, 3.05) is 0 Å². The number of pyridine rings is 1. The van der Waals surface area contributed by atoms with Gasteiger partial charge in [0, 0.05) is 23.5 Å². The highest BCUT2D eigenvalue weighted by molar-refractivity contribution is 5.42. The summed E-state index contributed by atoms with van der Waals surface area (Å²) in [5, 5.41) is 10.5. The Morgan fingerprint density at radius 1 is 1.06 bits per heavy atom. The number of rotatable bonds is 2. The van der Waals surface area contributed by atoms with Crippen LogP contribution in [0.15, 0.2) is 54.9 Å². The second-order valence-corrected chi connectivity index (χ2v) is 3.46. The van der Waals surface area contributed by atoms with Crippen molar-refractivity contribution >= 4 is 0 Å². The number of benzene rings is 1. The lowest BCUT2D eigenvalue weighted by molar-refractivity contribution is 0.145. The lowest BCUT2D eigenvalue weighted by atomic mass is 9.88. The first-order valence-corrected chi connectivity index (χ1v) is 4.93. The van der Waals surface area contributed by atoms with E-state index < -0.39 is 5.60 Å². The van der Waals surface area contributed by atoms with Gasteiger partial charge in [-0.05, 0) is 6.07 Å². The molecule has 0 saturated carbocycles. The van der Waals surface area contributed by atoms with Gasteiger partial charge >= 0.3 is 0 Å². The molecule has 1 N–H and O–H groups in total. The summed E-state index contributed by atoms with van der Waals surface area (Å²) < 4.78 is 0. The van der Waals surface area contributed by atoms with Gasteiger partial charge in [-0.1, -0.05) is 42.3 Å². The molecule has 0 spiro atoms. The average Bonchev–Trinajstić information content (AvgIpc) is 2.40. The first-order valence-electron chi connectivity index (χ1n) is 4.93. The van der Waals surface area contributed by atoms with Gasteiger partial charge in [-0.15, -0.1) is 6.42 Å². The normalized spacial score (nSPS) is 13.8. The molecule has 1 aromatic carbocycles. The van der Waals surface area contributed by atoms with Gasteiger partial charge in [-0.3, -0.25) is 4.98 Å². The van der Waals surface area contributed by atoms with Crippen molar-refractivity contribution in [2.45, 2.75) is 5.60 Å². The molecule has 2 aromatic rings. The Morgan fingerprint density at radius 3 is 2.31 bits per heavy atom. The molecule has 1 heterocycles. The number of nitrogens with zero attached hydrogens (tertiary/aromatic N) is 1. The molecule has 0 fully saturated rings. The highest BCUT2D eigenvalue weighted by Gasteiger charge is 2.28. The van der Waals surface area contributed by atoms with Gasteiger partial charge in [0.15, 0.2) is 5.60 Å².